The van der Waals surface area contributed by atoms with Gasteiger partial charge in [-0.15, -0.1) is 0 Å². The molecule has 0 unspecified atom stereocenters. The number of nitrogens with zero attached hydrogens (tertiary/aromatic N) is 2. The summed E-state index contributed by atoms with van der Waals surface area (Å²) in [6, 6.07) is 0. The van der Waals surface area contributed by atoms with Gasteiger partial charge in [-0.2, -0.15) is 0 Å². The minimum atomic E-state index is 0.643. The first-order valence-corrected chi connectivity index (χ1v) is 3.73. The number of nitrogens with two attached hydrogens (primary N) is 1. The Morgan fingerprint density at radius 2 is 2.10 bits per heavy atom. The lowest BCUT2D eigenvalue weighted by Crippen LogP contribution is -2.37. The molecule has 0 aliphatic heterocycles. The van der Waals surface area contributed by atoms with E-state index in [0.717, 1.165) is 19.5 Å². The molecule has 0 aromatic heterocycles. The zero-order valence-corrected chi connectivity index (χ0v) is 7.09. The Hall–Kier alpha value is -0.730. The molecular weight excluding hydrogens is 126 g/mol. The van der Waals surface area contributed by atoms with E-state index in [2.05, 4.69) is 23.7 Å². The van der Waals surface area contributed by atoms with E-state index in [4.69, 9.17) is 5.73 Å². The van der Waals surface area contributed by atoms with Crippen molar-refractivity contribution in [2.45, 2.75) is 20.3 Å². The van der Waals surface area contributed by atoms with Crippen LogP contribution in [0.25, 0.3) is 0 Å². The standard InChI is InChI=1S/C7H17N3/c1-4-6-10(5-2)7(8)9-3/h4-6H2,1-3H3,(H2,8,9). The van der Waals surface area contributed by atoms with Gasteiger partial charge in [-0.25, -0.2) is 0 Å². The van der Waals surface area contributed by atoms with Crippen molar-refractivity contribution in [3.63, 3.8) is 0 Å². The lowest BCUT2D eigenvalue weighted by Gasteiger charge is -2.20. The SMILES string of the molecule is CCCN(CC)C(N)=NC. The highest BCUT2D eigenvalue weighted by Gasteiger charge is 2.00. The van der Waals surface area contributed by atoms with Gasteiger partial charge in [0.1, 0.15) is 0 Å². The summed E-state index contributed by atoms with van der Waals surface area (Å²) in [5.74, 6) is 0.643. The maximum absolute atomic E-state index is 5.59. The molecule has 0 aliphatic rings. The van der Waals surface area contributed by atoms with Crippen LogP contribution in [0.3, 0.4) is 0 Å². The van der Waals surface area contributed by atoms with Crippen molar-refractivity contribution < 1.29 is 0 Å². The topological polar surface area (TPSA) is 41.6 Å². The molecule has 3 nitrogen and oxygen atoms in total. The van der Waals surface area contributed by atoms with E-state index in [1.807, 2.05) is 0 Å². The number of guanidine groups is 1. The Labute approximate surface area is 62.9 Å². The summed E-state index contributed by atoms with van der Waals surface area (Å²) >= 11 is 0. The first-order chi connectivity index (χ1) is 4.76. The molecule has 2 N–H and O–H groups in total. The van der Waals surface area contributed by atoms with Crippen LogP contribution in [0, 0.1) is 0 Å². The molecule has 0 amide bonds. The average molecular weight is 143 g/mol. The highest BCUT2D eigenvalue weighted by Crippen LogP contribution is 1.88. The molecular formula is C7H17N3. The summed E-state index contributed by atoms with van der Waals surface area (Å²) in [5.41, 5.74) is 5.59. The first kappa shape index (κ1) is 9.27. The van der Waals surface area contributed by atoms with E-state index >= 15 is 0 Å². The fraction of sp³-hybridized carbons (Fsp3) is 0.857. The molecule has 0 aliphatic carbocycles. The van der Waals surface area contributed by atoms with Gasteiger partial charge in [0.25, 0.3) is 0 Å². The molecule has 0 aromatic carbocycles. The summed E-state index contributed by atoms with van der Waals surface area (Å²) in [6.07, 6.45) is 1.12. The van der Waals surface area contributed by atoms with Crippen LogP contribution in [0.5, 0.6) is 0 Å². The molecule has 0 rings (SSSR count). The summed E-state index contributed by atoms with van der Waals surface area (Å²) in [5, 5.41) is 0. The molecule has 0 radical (unpaired) electrons. The van der Waals surface area contributed by atoms with Gasteiger partial charge in [0.2, 0.25) is 0 Å². The number of hydrogen-bond acceptors (Lipinski definition) is 1. The second kappa shape index (κ2) is 5.09. The van der Waals surface area contributed by atoms with E-state index in [1.165, 1.54) is 0 Å². The van der Waals surface area contributed by atoms with Gasteiger partial charge in [-0.05, 0) is 13.3 Å². The fourth-order valence-electron chi connectivity index (χ4n) is 0.846. The van der Waals surface area contributed by atoms with Crippen LogP contribution in [-0.2, 0) is 0 Å². The average Bonchev–Trinajstić information content (AvgIpc) is 1.99. The highest BCUT2D eigenvalue weighted by atomic mass is 15.2. The molecule has 0 atom stereocenters. The van der Waals surface area contributed by atoms with Crippen molar-refractivity contribution in [2.24, 2.45) is 10.7 Å². The summed E-state index contributed by atoms with van der Waals surface area (Å²) in [4.78, 5) is 5.95. The maximum atomic E-state index is 5.59. The van der Waals surface area contributed by atoms with Gasteiger partial charge in [0, 0.05) is 20.1 Å². The summed E-state index contributed by atoms with van der Waals surface area (Å²) < 4.78 is 0. The van der Waals surface area contributed by atoms with Gasteiger partial charge in [-0.1, -0.05) is 6.92 Å². The second-order valence-corrected chi connectivity index (χ2v) is 2.16. The lowest BCUT2D eigenvalue weighted by molar-refractivity contribution is 0.434. The van der Waals surface area contributed by atoms with Crippen molar-refractivity contribution in [3.8, 4) is 0 Å². The molecule has 0 spiro atoms. The zero-order chi connectivity index (χ0) is 7.98. The quantitative estimate of drug-likeness (QED) is 0.466. The largest absolute Gasteiger partial charge is 0.370 e. The minimum absolute atomic E-state index is 0.643. The molecule has 60 valence electrons. The molecule has 10 heavy (non-hydrogen) atoms. The smallest absolute Gasteiger partial charge is 0.190 e. The Balaban J connectivity index is 3.80. The van der Waals surface area contributed by atoms with Gasteiger partial charge < -0.3 is 10.6 Å². The third-order valence-electron chi connectivity index (χ3n) is 1.43. The van der Waals surface area contributed by atoms with E-state index in [9.17, 15) is 0 Å². The van der Waals surface area contributed by atoms with Crippen LogP contribution in [0.2, 0.25) is 0 Å². The molecule has 0 heterocycles. The van der Waals surface area contributed by atoms with Crippen molar-refractivity contribution in [1.82, 2.24) is 4.90 Å². The van der Waals surface area contributed by atoms with Crippen molar-refractivity contribution in [3.05, 3.63) is 0 Å². The molecule has 0 saturated heterocycles. The first-order valence-electron chi connectivity index (χ1n) is 3.73. The van der Waals surface area contributed by atoms with Gasteiger partial charge in [-0.3, -0.25) is 4.99 Å². The van der Waals surface area contributed by atoms with Crippen molar-refractivity contribution in [2.75, 3.05) is 20.1 Å². The molecule has 0 saturated carbocycles. The van der Waals surface area contributed by atoms with Crippen molar-refractivity contribution >= 4 is 5.96 Å². The third kappa shape index (κ3) is 2.71. The molecule has 3 heteroatoms. The monoisotopic (exact) mass is 143 g/mol. The maximum Gasteiger partial charge on any atom is 0.190 e. The highest BCUT2D eigenvalue weighted by molar-refractivity contribution is 5.77. The van der Waals surface area contributed by atoms with Crippen LogP contribution >= 0.6 is 0 Å². The van der Waals surface area contributed by atoms with E-state index in [-0.39, 0.29) is 0 Å². The Morgan fingerprint density at radius 1 is 1.50 bits per heavy atom. The van der Waals surface area contributed by atoms with Crippen LogP contribution in [0.15, 0.2) is 4.99 Å². The van der Waals surface area contributed by atoms with Crippen LogP contribution in [0.1, 0.15) is 20.3 Å². The Kier molecular flexibility index (Phi) is 4.72. The Bertz CT molecular complexity index is 109. The van der Waals surface area contributed by atoms with Gasteiger partial charge in [0.05, 0.1) is 0 Å². The molecule has 0 aromatic rings. The molecule has 0 fully saturated rings. The van der Waals surface area contributed by atoms with E-state index in [0.29, 0.717) is 5.96 Å². The lowest BCUT2D eigenvalue weighted by atomic mass is 10.4. The predicted molar refractivity (Wildman–Crippen MR) is 45.1 cm³/mol. The van der Waals surface area contributed by atoms with Gasteiger partial charge in [0.15, 0.2) is 5.96 Å². The number of aliphatic imine (C=N–C) groups is 1. The number of rotatable bonds is 3. The fourth-order valence-corrected chi connectivity index (χ4v) is 0.846. The minimum Gasteiger partial charge on any atom is -0.370 e. The number of hydrogen-bond donors (Lipinski definition) is 1. The summed E-state index contributed by atoms with van der Waals surface area (Å²) in [6.45, 7) is 6.15. The summed E-state index contributed by atoms with van der Waals surface area (Å²) in [7, 11) is 1.72. The zero-order valence-electron chi connectivity index (χ0n) is 7.09. The van der Waals surface area contributed by atoms with E-state index < -0.39 is 0 Å². The van der Waals surface area contributed by atoms with Crippen LogP contribution in [0.4, 0.5) is 0 Å². The van der Waals surface area contributed by atoms with Crippen LogP contribution < -0.4 is 5.73 Å². The van der Waals surface area contributed by atoms with Crippen molar-refractivity contribution in [1.29, 1.82) is 0 Å². The Morgan fingerprint density at radius 3 is 2.40 bits per heavy atom. The normalized spacial score (nSPS) is 11.7. The third-order valence-corrected chi connectivity index (χ3v) is 1.43. The van der Waals surface area contributed by atoms with E-state index in [1.54, 1.807) is 7.05 Å². The second-order valence-electron chi connectivity index (χ2n) is 2.16. The van der Waals surface area contributed by atoms with Gasteiger partial charge >= 0.3 is 0 Å². The predicted octanol–water partition coefficient (Wildman–Crippen LogP) is 0.663. The van der Waals surface area contributed by atoms with Crippen LogP contribution in [-0.4, -0.2) is 31.0 Å². The molecule has 0 bridgehead atoms.